The molecule has 1 aromatic heterocycles. The van der Waals surface area contributed by atoms with Crippen LogP contribution < -0.4 is 9.30 Å². The van der Waals surface area contributed by atoms with Crippen LogP contribution in [0.4, 0.5) is 0 Å². The lowest BCUT2D eigenvalue weighted by Gasteiger charge is -2.28. The Labute approximate surface area is 250 Å². The molecule has 3 heteroatoms. The highest BCUT2D eigenvalue weighted by Crippen LogP contribution is 2.53. The van der Waals surface area contributed by atoms with E-state index in [2.05, 4.69) is 108 Å². The van der Waals surface area contributed by atoms with Crippen molar-refractivity contribution < 1.29 is 14.0 Å². The molecule has 0 amide bonds. The van der Waals surface area contributed by atoms with Crippen molar-refractivity contribution in [2.45, 2.75) is 73.1 Å². The van der Waals surface area contributed by atoms with Crippen LogP contribution in [0, 0.1) is 18.3 Å². The third-order valence-corrected chi connectivity index (χ3v) is 9.40. The van der Waals surface area contributed by atoms with E-state index in [1.165, 1.54) is 65.8 Å². The summed E-state index contributed by atoms with van der Waals surface area (Å²) in [5, 5.41) is 7.88. The Morgan fingerprint density at radius 1 is 0.929 bits per heavy atom. The zero-order chi connectivity index (χ0) is 29.3. The van der Waals surface area contributed by atoms with Crippen molar-refractivity contribution in [3.05, 3.63) is 77.0 Å². The molecular formula is C39H44NO2+. The molecule has 0 unspecified atom stereocenters. The highest BCUT2D eigenvalue weighted by Gasteiger charge is 2.34. The standard InChI is InChI=1S/C39H44NO2/c1-23(2)19-32-29-12-11-25(22-39(4,5)6)20-31(29)24(3)34-37-36-30(13-16-40(37)7)35-27(21-33(36)42-38(32)34)9-8-10-28(35)26-14-17-41-18-15-26/h8-13,16,20-21,23,26H,14-15,17-19,22H2,1-7H3/q+1. The van der Waals surface area contributed by atoms with Crippen LogP contribution in [0.15, 0.2) is 54.7 Å². The molecule has 0 spiro atoms. The van der Waals surface area contributed by atoms with Gasteiger partial charge in [-0.05, 0) is 94.2 Å². The van der Waals surface area contributed by atoms with Crippen molar-refractivity contribution in [3.63, 3.8) is 0 Å². The van der Waals surface area contributed by atoms with Crippen LogP contribution in [0.3, 0.4) is 0 Å². The summed E-state index contributed by atoms with van der Waals surface area (Å²) in [5.74, 6) is 3.07. The van der Waals surface area contributed by atoms with E-state index in [4.69, 9.17) is 9.47 Å². The van der Waals surface area contributed by atoms with E-state index >= 15 is 0 Å². The number of rotatable bonds is 4. The van der Waals surface area contributed by atoms with Crippen molar-refractivity contribution in [2.24, 2.45) is 18.4 Å². The van der Waals surface area contributed by atoms with Crippen molar-refractivity contribution in [1.29, 1.82) is 0 Å². The molecule has 3 nitrogen and oxygen atoms in total. The van der Waals surface area contributed by atoms with Crippen LogP contribution >= 0.6 is 0 Å². The van der Waals surface area contributed by atoms with Crippen LogP contribution in [-0.2, 0) is 24.6 Å². The van der Waals surface area contributed by atoms with Gasteiger partial charge in [0.25, 0.3) is 0 Å². The highest BCUT2D eigenvalue weighted by molar-refractivity contribution is 6.17. The fraction of sp³-hybridized carbons (Fsp3) is 0.410. The van der Waals surface area contributed by atoms with Crippen LogP contribution in [0.5, 0.6) is 11.5 Å². The van der Waals surface area contributed by atoms with E-state index in [9.17, 15) is 0 Å². The molecule has 7 rings (SSSR count). The molecule has 0 bridgehead atoms. The van der Waals surface area contributed by atoms with Crippen molar-refractivity contribution in [3.8, 4) is 22.8 Å². The van der Waals surface area contributed by atoms with Crippen LogP contribution in [-0.4, -0.2) is 13.2 Å². The summed E-state index contributed by atoms with van der Waals surface area (Å²) in [6, 6.07) is 18.6. The molecule has 1 saturated heterocycles. The lowest BCUT2D eigenvalue weighted by atomic mass is 9.82. The summed E-state index contributed by atoms with van der Waals surface area (Å²) in [7, 11) is 2.20. The molecule has 216 valence electrons. The number of nitrogens with zero attached hydrogens (tertiary/aromatic N) is 1. The molecule has 5 aromatic rings. The maximum absolute atomic E-state index is 7.10. The highest BCUT2D eigenvalue weighted by atomic mass is 16.5. The molecule has 4 aromatic carbocycles. The Balaban J connectivity index is 1.56. The monoisotopic (exact) mass is 558 g/mol. The topological polar surface area (TPSA) is 22.3 Å². The van der Waals surface area contributed by atoms with Gasteiger partial charge in [0.15, 0.2) is 6.20 Å². The van der Waals surface area contributed by atoms with Gasteiger partial charge in [-0.1, -0.05) is 71.0 Å². The average Bonchev–Trinajstić information content (AvgIpc) is 2.95. The van der Waals surface area contributed by atoms with E-state index in [-0.39, 0.29) is 5.41 Å². The maximum atomic E-state index is 7.10. The Bertz CT molecular complexity index is 1870. The second kappa shape index (κ2) is 10.1. The predicted octanol–water partition coefficient (Wildman–Crippen LogP) is 9.73. The second-order valence-electron chi connectivity index (χ2n) is 14.4. The van der Waals surface area contributed by atoms with Crippen LogP contribution in [0.2, 0.25) is 0 Å². The number of aryl methyl sites for hydroxylation is 2. The Kier molecular flexibility index (Phi) is 6.58. The van der Waals surface area contributed by atoms with Gasteiger partial charge in [-0.15, -0.1) is 0 Å². The Morgan fingerprint density at radius 3 is 2.45 bits per heavy atom. The predicted molar refractivity (Wildman–Crippen MR) is 175 cm³/mol. The number of hydrogen-bond acceptors (Lipinski definition) is 2. The van der Waals surface area contributed by atoms with Crippen molar-refractivity contribution in [2.75, 3.05) is 13.2 Å². The zero-order valence-corrected chi connectivity index (χ0v) is 26.4. The van der Waals surface area contributed by atoms with Gasteiger partial charge in [0.2, 0.25) is 5.69 Å². The van der Waals surface area contributed by atoms with Gasteiger partial charge in [-0.3, -0.25) is 0 Å². The quantitative estimate of drug-likeness (QED) is 0.159. The maximum Gasteiger partial charge on any atom is 0.228 e. The average molecular weight is 559 g/mol. The first-order valence-electron chi connectivity index (χ1n) is 15.8. The summed E-state index contributed by atoms with van der Waals surface area (Å²) in [4.78, 5) is 0. The van der Waals surface area contributed by atoms with Crippen LogP contribution in [0.1, 0.15) is 75.6 Å². The van der Waals surface area contributed by atoms with Crippen molar-refractivity contribution in [1.82, 2.24) is 0 Å². The molecule has 42 heavy (non-hydrogen) atoms. The summed E-state index contributed by atoms with van der Waals surface area (Å²) >= 11 is 0. The number of aromatic nitrogens is 1. The van der Waals surface area contributed by atoms with Gasteiger partial charge in [0.1, 0.15) is 18.5 Å². The van der Waals surface area contributed by atoms with E-state index in [1.807, 2.05) is 0 Å². The first kappa shape index (κ1) is 27.4. The number of benzene rings is 4. The molecule has 2 aliphatic heterocycles. The third-order valence-electron chi connectivity index (χ3n) is 9.40. The molecule has 3 heterocycles. The number of ether oxygens (including phenoxy) is 2. The SMILES string of the molecule is Cc1c2c(c(CC(C)C)c3ccc(CC(C)(C)C)cc13)Oc1cc3cccc(C4CCOCC4)c3c3cc[n+](C)c-2c13. The number of fused-ring (bicyclic) bond motifs is 5. The fourth-order valence-electron chi connectivity index (χ4n) is 7.65. The molecule has 0 N–H and O–H groups in total. The number of pyridine rings is 1. The van der Waals surface area contributed by atoms with E-state index in [0.717, 1.165) is 50.4 Å². The van der Waals surface area contributed by atoms with E-state index in [1.54, 1.807) is 0 Å². The Hall–Kier alpha value is -3.43. The minimum Gasteiger partial charge on any atom is -0.455 e. The lowest BCUT2D eigenvalue weighted by molar-refractivity contribution is -0.659. The normalized spacial score (nSPS) is 15.5. The second-order valence-corrected chi connectivity index (χ2v) is 14.4. The van der Waals surface area contributed by atoms with Gasteiger partial charge in [0, 0.05) is 30.2 Å². The molecule has 2 aliphatic rings. The van der Waals surface area contributed by atoms with Gasteiger partial charge in [-0.25, -0.2) is 4.57 Å². The van der Waals surface area contributed by atoms with E-state index in [0.29, 0.717) is 11.8 Å². The van der Waals surface area contributed by atoms with E-state index < -0.39 is 0 Å². The van der Waals surface area contributed by atoms with Gasteiger partial charge >= 0.3 is 0 Å². The van der Waals surface area contributed by atoms with Gasteiger partial charge in [0.05, 0.1) is 10.9 Å². The molecule has 0 radical (unpaired) electrons. The van der Waals surface area contributed by atoms with Crippen molar-refractivity contribution >= 4 is 32.3 Å². The minimum absolute atomic E-state index is 0.236. The molecular weight excluding hydrogens is 514 g/mol. The van der Waals surface area contributed by atoms with Crippen LogP contribution in [0.25, 0.3) is 43.6 Å². The van der Waals surface area contributed by atoms with Gasteiger partial charge < -0.3 is 9.47 Å². The largest absolute Gasteiger partial charge is 0.455 e. The Morgan fingerprint density at radius 2 is 1.71 bits per heavy atom. The molecule has 1 fully saturated rings. The summed E-state index contributed by atoms with van der Waals surface area (Å²) < 4.78 is 15.2. The smallest absolute Gasteiger partial charge is 0.228 e. The summed E-state index contributed by atoms with van der Waals surface area (Å²) in [6.45, 7) is 15.6. The molecule has 0 aliphatic carbocycles. The third kappa shape index (κ3) is 4.48. The summed E-state index contributed by atoms with van der Waals surface area (Å²) in [6.07, 6.45) is 6.46. The fourth-order valence-corrected chi connectivity index (χ4v) is 7.65. The summed E-state index contributed by atoms with van der Waals surface area (Å²) in [5.41, 5.74) is 8.28. The number of hydrogen-bond donors (Lipinski definition) is 0. The molecule has 0 atom stereocenters. The first-order chi connectivity index (χ1) is 20.1. The first-order valence-corrected chi connectivity index (χ1v) is 15.8. The molecule has 0 saturated carbocycles. The van der Waals surface area contributed by atoms with Gasteiger partial charge in [-0.2, -0.15) is 0 Å². The lowest BCUT2D eigenvalue weighted by Crippen LogP contribution is -2.32. The minimum atomic E-state index is 0.236. The zero-order valence-electron chi connectivity index (χ0n) is 26.4.